The molecule has 0 bridgehead atoms. The number of methoxy groups -OCH3 is 1. The predicted octanol–water partition coefficient (Wildman–Crippen LogP) is 1.15. The van der Waals surface area contributed by atoms with E-state index in [1.807, 2.05) is 31.2 Å². The lowest BCUT2D eigenvalue weighted by molar-refractivity contribution is -0.144. The Kier molecular flexibility index (Phi) is 4.41. The van der Waals surface area contributed by atoms with Crippen LogP contribution in [0.2, 0.25) is 0 Å². The van der Waals surface area contributed by atoms with Crippen LogP contribution >= 0.6 is 0 Å². The van der Waals surface area contributed by atoms with Crippen LogP contribution < -0.4 is 9.47 Å². The molecule has 2 amide bonds. The molecule has 2 heterocycles. The third-order valence-electron chi connectivity index (χ3n) is 4.47. The number of hydrogen-bond acceptors (Lipinski definition) is 4. The van der Waals surface area contributed by atoms with E-state index in [4.69, 9.17) is 9.47 Å². The molecule has 2 fully saturated rings. The third kappa shape index (κ3) is 3.11. The Balaban J connectivity index is 1.51. The minimum absolute atomic E-state index is 0.0189. The van der Waals surface area contributed by atoms with E-state index in [-0.39, 0.29) is 23.8 Å². The summed E-state index contributed by atoms with van der Waals surface area (Å²) in [6.45, 7) is 4.28. The first-order chi connectivity index (χ1) is 11.1. The first-order valence-electron chi connectivity index (χ1n) is 7.98. The number of carbonyl (C=O) groups excluding carboxylic acids is 2. The smallest absolute Gasteiger partial charge is 0.228 e. The van der Waals surface area contributed by atoms with Gasteiger partial charge in [-0.1, -0.05) is 12.1 Å². The van der Waals surface area contributed by atoms with Crippen molar-refractivity contribution in [3.8, 4) is 11.5 Å². The standard InChI is InChI=1S/C17H22N2O4/c1-3-18-9-12(8-16(18)20)17(21)19-10-13(11-19)23-15-7-5-4-6-14(15)22-2/h4-7,12-13H,3,8-11H2,1-2H3/t12-/m0/s1. The van der Waals surface area contributed by atoms with Gasteiger partial charge in [-0.15, -0.1) is 0 Å². The molecule has 2 aliphatic rings. The Morgan fingerprint density at radius 3 is 2.52 bits per heavy atom. The summed E-state index contributed by atoms with van der Waals surface area (Å²) in [5.74, 6) is 1.33. The molecule has 2 aliphatic heterocycles. The maximum Gasteiger partial charge on any atom is 0.228 e. The summed E-state index contributed by atoms with van der Waals surface area (Å²) < 4.78 is 11.1. The minimum atomic E-state index is -0.199. The second-order valence-electron chi connectivity index (χ2n) is 5.97. The monoisotopic (exact) mass is 318 g/mol. The van der Waals surface area contributed by atoms with Gasteiger partial charge in [0.1, 0.15) is 6.10 Å². The zero-order valence-electron chi connectivity index (χ0n) is 13.5. The van der Waals surface area contributed by atoms with Crippen molar-refractivity contribution < 1.29 is 19.1 Å². The molecule has 1 aromatic carbocycles. The van der Waals surface area contributed by atoms with Crippen LogP contribution in [-0.4, -0.2) is 61.0 Å². The summed E-state index contributed by atoms with van der Waals surface area (Å²) in [6, 6.07) is 7.49. The van der Waals surface area contributed by atoms with Crippen LogP contribution in [0.4, 0.5) is 0 Å². The largest absolute Gasteiger partial charge is 0.493 e. The molecule has 0 aromatic heterocycles. The molecule has 0 aliphatic carbocycles. The molecule has 0 saturated carbocycles. The first kappa shape index (κ1) is 15.6. The fourth-order valence-corrected chi connectivity index (χ4v) is 3.09. The highest BCUT2D eigenvalue weighted by Crippen LogP contribution is 2.29. The lowest BCUT2D eigenvalue weighted by atomic mass is 10.0. The SMILES string of the molecule is CCN1C[C@@H](C(=O)N2CC(Oc3ccccc3OC)C2)CC1=O. The molecule has 3 rings (SSSR count). The Bertz CT molecular complexity index is 598. The quantitative estimate of drug-likeness (QED) is 0.817. The van der Waals surface area contributed by atoms with E-state index in [9.17, 15) is 9.59 Å². The topological polar surface area (TPSA) is 59.1 Å². The highest BCUT2D eigenvalue weighted by atomic mass is 16.5. The fraction of sp³-hybridized carbons (Fsp3) is 0.529. The average molecular weight is 318 g/mol. The summed E-state index contributed by atoms with van der Waals surface area (Å²) in [4.78, 5) is 27.7. The highest BCUT2D eigenvalue weighted by molar-refractivity contribution is 5.89. The van der Waals surface area contributed by atoms with Crippen molar-refractivity contribution in [3.05, 3.63) is 24.3 Å². The number of para-hydroxylation sites is 2. The zero-order chi connectivity index (χ0) is 16.4. The van der Waals surface area contributed by atoms with Gasteiger partial charge in [0.15, 0.2) is 11.5 Å². The van der Waals surface area contributed by atoms with Gasteiger partial charge in [-0.25, -0.2) is 0 Å². The van der Waals surface area contributed by atoms with Crippen LogP contribution in [-0.2, 0) is 9.59 Å². The van der Waals surface area contributed by atoms with Crippen molar-refractivity contribution in [2.24, 2.45) is 5.92 Å². The Morgan fingerprint density at radius 1 is 1.22 bits per heavy atom. The van der Waals surface area contributed by atoms with E-state index in [2.05, 4.69) is 0 Å². The summed E-state index contributed by atoms with van der Waals surface area (Å²) in [5, 5.41) is 0. The normalized spacial score (nSPS) is 21.3. The molecule has 0 radical (unpaired) electrons. The molecule has 23 heavy (non-hydrogen) atoms. The van der Waals surface area contributed by atoms with Crippen molar-refractivity contribution >= 4 is 11.8 Å². The summed E-state index contributed by atoms with van der Waals surface area (Å²) in [6.07, 6.45) is 0.316. The fourth-order valence-electron chi connectivity index (χ4n) is 3.09. The third-order valence-corrected chi connectivity index (χ3v) is 4.47. The predicted molar refractivity (Wildman–Crippen MR) is 84.4 cm³/mol. The second-order valence-corrected chi connectivity index (χ2v) is 5.97. The lowest BCUT2D eigenvalue weighted by Crippen LogP contribution is -2.57. The molecule has 124 valence electrons. The molecular weight excluding hydrogens is 296 g/mol. The Hall–Kier alpha value is -2.24. The molecule has 2 saturated heterocycles. The summed E-state index contributed by atoms with van der Waals surface area (Å²) in [5.41, 5.74) is 0. The Morgan fingerprint density at radius 2 is 1.91 bits per heavy atom. The number of carbonyl (C=O) groups is 2. The summed E-state index contributed by atoms with van der Waals surface area (Å²) in [7, 11) is 1.61. The van der Waals surface area contributed by atoms with Gasteiger partial charge in [-0.3, -0.25) is 9.59 Å². The second kappa shape index (κ2) is 6.48. The van der Waals surface area contributed by atoms with Gasteiger partial charge in [-0.05, 0) is 19.1 Å². The van der Waals surface area contributed by atoms with Crippen molar-refractivity contribution in [2.45, 2.75) is 19.4 Å². The highest BCUT2D eigenvalue weighted by Gasteiger charge is 2.40. The van der Waals surface area contributed by atoms with Crippen LogP contribution in [0, 0.1) is 5.92 Å². The molecule has 0 unspecified atom stereocenters. The average Bonchev–Trinajstić information content (AvgIpc) is 2.91. The van der Waals surface area contributed by atoms with Crippen LogP contribution in [0.1, 0.15) is 13.3 Å². The van der Waals surface area contributed by atoms with E-state index in [1.165, 1.54) is 0 Å². The van der Waals surface area contributed by atoms with E-state index in [0.29, 0.717) is 44.1 Å². The van der Waals surface area contributed by atoms with Crippen molar-refractivity contribution in [1.29, 1.82) is 0 Å². The lowest BCUT2D eigenvalue weighted by Gasteiger charge is -2.40. The van der Waals surface area contributed by atoms with Gasteiger partial charge in [-0.2, -0.15) is 0 Å². The number of nitrogens with zero attached hydrogens (tertiary/aromatic N) is 2. The van der Waals surface area contributed by atoms with Gasteiger partial charge in [0.2, 0.25) is 11.8 Å². The van der Waals surface area contributed by atoms with Gasteiger partial charge in [0, 0.05) is 19.5 Å². The Labute approximate surface area is 136 Å². The number of rotatable bonds is 5. The van der Waals surface area contributed by atoms with Gasteiger partial charge in [0.25, 0.3) is 0 Å². The first-order valence-corrected chi connectivity index (χ1v) is 7.98. The number of amides is 2. The van der Waals surface area contributed by atoms with Crippen molar-refractivity contribution in [2.75, 3.05) is 33.3 Å². The molecular formula is C17H22N2O4. The molecule has 0 N–H and O–H groups in total. The number of ether oxygens (including phenoxy) is 2. The number of benzene rings is 1. The van der Waals surface area contributed by atoms with Crippen LogP contribution in [0.3, 0.4) is 0 Å². The van der Waals surface area contributed by atoms with E-state index in [0.717, 1.165) is 0 Å². The maximum absolute atomic E-state index is 12.4. The molecule has 6 heteroatoms. The maximum atomic E-state index is 12.4. The number of hydrogen-bond donors (Lipinski definition) is 0. The van der Waals surface area contributed by atoms with E-state index in [1.54, 1.807) is 16.9 Å². The molecule has 1 aromatic rings. The van der Waals surface area contributed by atoms with Crippen LogP contribution in [0.15, 0.2) is 24.3 Å². The zero-order valence-corrected chi connectivity index (χ0v) is 13.5. The molecule has 6 nitrogen and oxygen atoms in total. The van der Waals surface area contributed by atoms with Crippen LogP contribution in [0.5, 0.6) is 11.5 Å². The van der Waals surface area contributed by atoms with Gasteiger partial charge >= 0.3 is 0 Å². The van der Waals surface area contributed by atoms with Crippen LogP contribution in [0.25, 0.3) is 0 Å². The van der Waals surface area contributed by atoms with E-state index < -0.39 is 0 Å². The van der Waals surface area contributed by atoms with Gasteiger partial charge in [0.05, 0.1) is 26.1 Å². The molecule has 1 atom stereocenters. The summed E-state index contributed by atoms with van der Waals surface area (Å²) >= 11 is 0. The molecule has 0 spiro atoms. The van der Waals surface area contributed by atoms with Crippen molar-refractivity contribution in [3.63, 3.8) is 0 Å². The minimum Gasteiger partial charge on any atom is -0.493 e. The van der Waals surface area contributed by atoms with Crippen molar-refractivity contribution in [1.82, 2.24) is 9.80 Å². The van der Waals surface area contributed by atoms with Gasteiger partial charge < -0.3 is 19.3 Å². The number of likely N-dealkylation sites (tertiary alicyclic amines) is 2. The van der Waals surface area contributed by atoms with E-state index >= 15 is 0 Å².